The second kappa shape index (κ2) is 23.6. The summed E-state index contributed by atoms with van der Waals surface area (Å²) in [6, 6.07) is -0.621. The monoisotopic (exact) mass is 843 g/mol. The van der Waals surface area contributed by atoms with Crippen LogP contribution in [-0.2, 0) is 28.7 Å². The molecule has 4 aliphatic rings. The van der Waals surface area contributed by atoms with Crippen LogP contribution in [0, 0.1) is 10.8 Å². The van der Waals surface area contributed by atoms with Crippen LogP contribution in [0.1, 0.15) is 115 Å². The van der Waals surface area contributed by atoms with Gasteiger partial charge in [0, 0.05) is 12.8 Å². The highest BCUT2D eigenvalue weighted by molar-refractivity contribution is 6.02. The van der Waals surface area contributed by atoms with E-state index in [9.17, 15) is 19.2 Å². The van der Waals surface area contributed by atoms with E-state index in [2.05, 4.69) is 76.5 Å². The number of ketones is 2. The van der Waals surface area contributed by atoms with Gasteiger partial charge >= 0.3 is 11.9 Å². The highest BCUT2D eigenvalue weighted by Crippen LogP contribution is 2.42. The van der Waals surface area contributed by atoms with Crippen LogP contribution in [0.2, 0.25) is 0 Å². The molecular weight excluding hydrogens is 772 g/mol. The lowest BCUT2D eigenvalue weighted by Gasteiger charge is -2.36. The molecule has 4 atom stereocenters. The normalized spacial score (nSPS) is 25.6. The average Bonchev–Trinajstić information content (AvgIpc) is 3.90. The SMILES string of the molecule is C.CC1=C(/C=C/C(C)=C/C=C/C(C)=C/C=C/C=C(C)/C=C/C=C(C)/C=C/C2=C(C)C(=O)C(OC(=O)C3CCCN3)CC2(C)C)C(C)(C)CC(OC(=O)C2CCCN2)C1=O.Cl. The van der Waals surface area contributed by atoms with E-state index in [1.807, 2.05) is 88.5 Å². The van der Waals surface area contributed by atoms with E-state index in [0.717, 1.165) is 72.2 Å². The van der Waals surface area contributed by atoms with Crippen molar-refractivity contribution < 1.29 is 28.7 Å². The van der Waals surface area contributed by atoms with Crippen molar-refractivity contribution in [2.45, 2.75) is 139 Å². The summed E-state index contributed by atoms with van der Waals surface area (Å²) >= 11 is 0. The molecule has 2 heterocycles. The largest absolute Gasteiger partial charge is 0.453 e. The van der Waals surface area contributed by atoms with E-state index in [0.29, 0.717) is 24.0 Å². The van der Waals surface area contributed by atoms with Crippen LogP contribution in [-0.4, -0.2) is 60.9 Å². The molecule has 328 valence electrons. The van der Waals surface area contributed by atoms with Crippen molar-refractivity contribution in [1.29, 1.82) is 0 Å². The molecule has 2 fully saturated rings. The first-order valence-electron chi connectivity index (χ1n) is 20.9. The summed E-state index contributed by atoms with van der Waals surface area (Å²) < 4.78 is 11.4. The molecule has 0 amide bonds. The molecule has 0 aromatic rings. The van der Waals surface area contributed by atoms with Crippen molar-refractivity contribution in [3.05, 3.63) is 130 Å². The lowest BCUT2D eigenvalue weighted by atomic mass is 9.71. The summed E-state index contributed by atoms with van der Waals surface area (Å²) in [6.07, 6.45) is 31.3. The fraction of sp³-hybridized carbons (Fsp3) is 0.490. The van der Waals surface area contributed by atoms with Gasteiger partial charge in [0.05, 0.1) is 0 Å². The van der Waals surface area contributed by atoms with E-state index in [4.69, 9.17) is 9.47 Å². The molecule has 8 nitrogen and oxygen atoms in total. The summed E-state index contributed by atoms with van der Waals surface area (Å²) in [5.74, 6) is -0.870. The molecular formula is C51H71ClN2O6. The number of ether oxygens (including phenoxy) is 2. The van der Waals surface area contributed by atoms with Crippen LogP contribution in [0.15, 0.2) is 130 Å². The smallest absolute Gasteiger partial charge is 0.323 e. The predicted molar refractivity (Wildman–Crippen MR) is 249 cm³/mol. The molecule has 0 aromatic heterocycles. The van der Waals surface area contributed by atoms with Crippen molar-refractivity contribution >= 4 is 35.9 Å². The van der Waals surface area contributed by atoms with Gasteiger partial charge in [0.15, 0.2) is 23.8 Å². The van der Waals surface area contributed by atoms with Crippen molar-refractivity contribution in [2.75, 3.05) is 13.1 Å². The molecule has 2 aliphatic heterocycles. The molecule has 0 saturated carbocycles. The van der Waals surface area contributed by atoms with Crippen molar-refractivity contribution in [3.8, 4) is 0 Å². The number of hydrogen-bond acceptors (Lipinski definition) is 8. The average molecular weight is 844 g/mol. The van der Waals surface area contributed by atoms with Crippen LogP contribution in [0.25, 0.3) is 0 Å². The molecule has 0 spiro atoms. The molecule has 2 saturated heterocycles. The summed E-state index contributed by atoms with van der Waals surface area (Å²) in [5.41, 5.74) is 6.94. The second-order valence-electron chi connectivity index (χ2n) is 17.5. The van der Waals surface area contributed by atoms with Crippen LogP contribution in [0.3, 0.4) is 0 Å². The lowest BCUT2D eigenvalue weighted by molar-refractivity contribution is -0.158. The van der Waals surface area contributed by atoms with Gasteiger partial charge in [-0.2, -0.15) is 0 Å². The number of halogens is 1. The Kier molecular flexibility index (Phi) is 20.3. The summed E-state index contributed by atoms with van der Waals surface area (Å²) in [5, 5.41) is 6.31. The third kappa shape index (κ3) is 14.7. The van der Waals surface area contributed by atoms with Gasteiger partial charge in [0.25, 0.3) is 0 Å². The van der Waals surface area contributed by atoms with Crippen LogP contribution >= 0.6 is 12.4 Å². The van der Waals surface area contributed by atoms with E-state index in [-0.39, 0.29) is 66.3 Å². The first-order chi connectivity index (χ1) is 27.4. The number of Topliss-reactive ketones (excluding diaryl/α,β-unsaturated/α-hetero) is 2. The van der Waals surface area contributed by atoms with Crippen molar-refractivity contribution in [2.24, 2.45) is 10.8 Å². The first-order valence-corrected chi connectivity index (χ1v) is 20.9. The van der Waals surface area contributed by atoms with Crippen molar-refractivity contribution in [1.82, 2.24) is 10.6 Å². The molecule has 4 unspecified atom stereocenters. The Morgan fingerprint density at radius 1 is 0.583 bits per heavy atom. The predicted octanol–water partition coefficient (Wildman–Crippen LogP) is 10.6. The summed E-state index contributed by atoms with van der Waals surface area (Å²) in [7, 11) is 0. The van der Waals surface area contributed by atoms with Gasteiger partial charge in [-0.15, -0.1) is 12.4 Å². The van der Waals surface area contributed by atoms with E-state index in [1.165, 1.54) is 0 Å². The minimum Gasteiger partial charge on any atom is -0.453 e. The number of hydrogen-bond donors (Lipinski definition) is 2. The quantitative estimate of drug-likeness (QED) is 0.131. The van der Waals surface area contributed by atoms with Gasteiger partial charge < -0.3 is 20.1 Å². The number of esters is 2. The third-order valence-corrected chi connectivity index (χ3v) is 11.5. The zero-order chi connectivity index (χ0) is 42.6. The van der Waals surface area contributed by atoms with E-state index >= 15 is 0 Å². The molecule has 9 heteroatoms. The molecule has 2 N–H and O–H groups in total. The standard InChI is InChI=1S/C50H66N2O6.CH4.ClH/c1-33(19-13-21-35(3)25-27-39-37(5)45(53)43(31-49(39,7)8)57-47(55)41-23-15-29-51-41)17-11-12-18-34(2)20-14-22-36(4)26-28-40-38(6)46(54)44(32-50(40,9)10)58-48(56)42-24-16-30-52-42;;/h11-14,17-22,25-28,41-44,51-52H,15-16,23-24,29-32H2,1-10H3;1H4;1H/b12-11+,19-13+,20-14+,27-25+,28-26+,33-17+,34-18+,35-21+,36-22+;;. The molecule has 2 aliphatic carbocycles. The minimum absolute atomic E-state index is 0. The van der Waals surface area contributed by atoms with Gasteiger partial charge in [0.1, 0.15) is 12.1 Å². The fourth-order valence-corrected chi connectivity index (χ4v) is 7.97. The summed E-state index contributed by atoms with van der Waals surface area (Å²) in [4.78, 5) is 51.5. The Morgan fingerprint density at radius 2 is 0.917 bits per heavy atom. The van der Waals surface area contributed by atoms with E-state index < -0.39 is 12.2 Å². The highest BCUT2D eigenvalue weighted by Gasteiger charge is 2.42. The van der Waals surface area contributed by atoms with Crippen LogP contribution in [0.5, 0.6) is 0 Å². The van der Waals surface area contributed by atoms with Gasteiger partial charge in [-0.25, -0.2) is 0 Å². The maximum absolute atomic E-state index is 13.2. The molecule has 0 bridgehead atoms. The molecule has 4 rings (SSSR count). The van der Waals surface area contributed by atoms with Gasteiger partial charge in [-0.05, 0) is 113 Å². The number of allylic oxidation sites excluding steroid dienone is 20. The van der Waals surface area contributed by atoms with Gasteiger partial charge in [-0.3, -0.25) is 19.2 Å². The Hall–Kier alpha value is -4.37. The number of nitrogens with one attached hydrogen (secondary N) is 2. The zero-order valence-electron chi connectivity index (χ0n) is 36.9. The number of rotatable bonds is 14. The van der Waals surface area contributed by atoms with Crippen molar-refractivity contribution in [3.63, 3.8) is 0 Å². The molecule has 60 heavy (non-hydrogen) atoms. The fourth-order valence-electron chi connectivity index (χ4n) is 7.97. The second-order valence-corrected chi connectivity index (χ2v) is 17.5. The maximum atomic E-state index is 13.2. The number of carbonyl (C=O) groups is 4. The maximum Gasteiger partial charge on any atom is 0.323 e. The minimum atomic E-state index is -0.741. The van der Waals surface area contributed by atoms with Gasteiger partial charge in [0.2, 0.25) is 0 Å². The van der Waals surface area contributed by atoms with Crippen LogP contribution < -0.4 is 10.6 Å². The summed E-state index contributed by atoms with van der Waals surface area (Å²) in [6.45, 7) is 21.8. The zero-order valence-corrected chi connectivity index (χ0v) is 37.7. The van der Waals surface area contributed by atoms with Gasteiger partial charge in [-0.1, -0.05) is 142 Å². The van der Waals surface area contributed by atoms with Crippen LogP contribution in [0.4, 0.5) is 0 Å². The Morgan fingerprint density at radius 3 is 1.25 bits per heavy atom. The Bertz CT molecular complexity index is 1790. The lowest BCUT2D eigenvalue weighted by Crippen LogP contribution is -2.42. The number of carbonyl (C=O) groups excluding carboxylic acids is 4. The Labute approximate surface area is 367 Å². The molecule has 0 aromatic carbocycles. The Balaban J connectivity index is 0.00000620. The third-order valence-electron chi connectivity index (χ3n) is 11.5. The topological polar surface area (TPSA) is 111 Å². The van der Waals surface area contributed by atoms with E-state index in [1.54, 1.807) is 0 Å². The molecule has 0 radical (unpaired) electrons. The first kappa shape index (κ1) is 51.8. The highest BCUT2D eigenvalue weighted by atomic mass is 35.5.